The normalized spacial score (nSPS) is 18.4. The smallest absolute Gasteiger partial charge is 0.317 e. The van der Waals surface area contributed by atoms with E-state index in [0.717, 1.165) is 13.1 Å². The molecule has 0 saturated carbocycles. The molecule has 1 saturated heterocycles. The number of carbonyl (C=O) groups excluding carboxylic acids is 1. The molecule has 1 aliphatic heterocycles. The SMILES string of the molecule is CC(O)CN(C)C(=O)NCC(c1cccs1)N1CCCC1. The lowest BCUT2D eigenvalue weighted by atomic mass is 10.2. The maximum atomic E-state index is 12.1. The Morgan fingerprint density at radius 1 is 1.52 bits per heavy atom. The molecule has 0 radical (unpaired) electrons. The Morgan fingerprint density at radius 3 is 2.81 bits per heavy atom. The van der Waals surface area contributed by atoms with Crippen molar-refractivity contribution < 1.29 is 9.90 Å². The van der Waals surface area contributed by atoms with Crippen LogP contribution in [0.1, 0.15) is 30.7 Å². The zero-order valence-corrected chi connectivity index (χ0v) is 13.6. The van der Waals surface area contributed by atoms with Crippen molar-refractivity contribution in [2.75, 3.05) is 33.2 Å². The van der Waals surface area contributed by atoms with Crippen LogP contribution in [0.2, 0.25) is 0 Å². The molecular formula is C15H25N3O2S. The molecule has 6 heteroatoms. The fourth-order valence-corrected chi connectivity index (χ4v) is 3.60. The Balaban J connectivity index is 1.91. The van der Waals surface area contributed by atoms with Crippen molar-refractivity contribution in [3.63, 3.8) is 0 Å². The van der Waals surface area contributed by atoms with Gasteiger partial charge < -0.3 is 15.3 Å². The second kappa shape index (κ2) is 7.77. The fraction of sp³-hybridized carbons (Fsp3) is 0.667. The number of likely N-dealkylation sites (tertiary alicyclic amines) is 1. The Morgan fingerprint density at radius 2 is 2.24 bits per heavy atom. The van der Waals surface area contributed by atoms with Gasteiger partial charge in [-0.2, -0.15) is 0 Å². The molecule has 2 unspecified atom stereocenters. The minimum atomic E-state index is -0.507. The maximum Gasteiger partial charge on any atom is 0.317 e. The molecule has 0 spiro atoms. The van der Waals surface area contributed by atoms with E-state index in [1.807, 2.05) is 0 Å². The molecule has 2 amide bonds. The first-order valence-electron chi connectivity index (χ1n) is 7.52. The van der Waals surface area contributed by atoms with Crippen LogP contribution in [0.4, 0.5) is 4.79 Å². The number of hydrogen-bond acceptors (Lipinski definition) is 4. The lowest BCUT2D eigenvalue weighted by molar-refractivity contribution is 0.142. The van der Waals surface area contributed by atoms with Crippen LogP contribution in [0.15, 0.2) is 17.5 Å². The molecule has 2 atom stereocenters. The van der Waals surface area contributed by atoms with E-state index in [4.69, 9.17) is 0 Å². The van der Waals surface area contributed by atoms with Crippen LogP contribution in [0.3, 0.4) is 0 Å². The molecule has 0 aliphatic carbocycles. The summed E-state index contributed by atoms with van der Waals surface area (Å²) in [6, 6.07) is 4.33. The van der Waals surface area contributed by atoms with Gasteiger partial charge in [0.15, 0.2) is 0 Å². The second-order valence-corrected chi connectivity index (χ2v) is 6.67. The van der Waals surface area contributed by atoms with E-state index in [1.54, 1.807) is 25.3 Å². The molecule has 21 heavy (non-hydrogen) atoms. The van der Waals surface area contributed by atoms with Gasteiger partial charge >= 0.3 is 6.03 Å². The minimum Gasteiger partial charge on any atom is -0.392 e. The third-order valence-corrected chi connectivity index (χ3v) is 4.76. The van der Waals surface area contributed by atoms with Gasteiger partial charge in [0.1, 0.15) is 0 Å². The summed E-state index contributed by atoms with van der Waals surface area (Å²) in [5, 5.41) is 14.4. The van der Waals surface area contributed by atoms with Crippen LogP contribution < -0.4 is 5.32 Å². The molecule has 1 aliphatic rings. The number of nitrogens with zero attached hydrogens (tertiary/aromatic N) is 2. The van der Waals surface area contributed by atoms with Crippen molar-refractivity contribution in [1.82, 2.24) is 15.1 Å². The van der Waals surface area contributed by atoms with Crippen LogP contribution in [0, 0.1) is 0 Å². The number of amides is 2. The third-order valence-electron chi connectivity index (χ3n) is 3.78. The summed E-state index contributed by atoms with van der Waals surface area (Å²) in [4.78, 5) is 17.3. The van der Waals surface area contributed by atoms with Gasteiger partial charge in [-0.1, -0.05) is 6.07 Å². The number of urea groups is 1. The first-order chi connectivity index (χ1) is 10.1. The maximum absolute atomic E-state index is 12.1. The average molecular weight is 311 g/mol. The van der Waals surface area contributed by atoms with Crippen LogP contribution in [-0.2, 0) is 0 Å². The van der Waals surface area contributed by atoms with Crippen molar-refractivity contribution in [1.29, 1.82) is 0 Å². The van der Waals surface area contributed by atoms with Gasteiger partial charge in [-0.25, -0.2) is 4.79 Å². The summed E-state index contributed by atoms with van der Waals surface area (Å²) in [6.45, 7) is 4.84. The molecular weight excluding hydrogens is 286 g/mol. The molecule has 2 N–H and O–H groups in total. The molecule has 5 nitrogen and oxygen atoms in total. The second-order valence-electron chi connectivity index (χ2n) is 5.69. The number of aliphatic hydroxyl groups excluding tert-OH is 1. The number of nitrogens with one attached hydrogen (secondary N) is 1. The van der Waals surface area contributed by atoms with Gasteiger partial charge in [0.2, 0.25) is 0 Å². The molecule has 2 heterocycles. The molecule has 2 rings (SSSR count). The number of rotatable bonds is 6. The van der Waals surface area contributed by atoms with E-state index in [2.05, 4.69) is 27.7 Å². The van der Waals surface area contributed by atoms with Crippen molar-refractivity contribution in [2.24, 2.45) is 0 Å². The monoisotopic (exact) mass is 311 g/mol. The fourth-order valence-electron chi connectivity index (χ4n) is 2.74. The lowest BCUT2D eigenvalue weighted by Crippen LogP contribution is -2.44. The quantitative estimate of drug-likeness (QED) is 0.844. The number of carbonyl (C=O) groups is 1. The minimum absolute atomic E-state index is 0.128. The van der Waals surface area contributed by atoms with Crippen LogP contribution >= 0.6 is 11.3 Å². The van der Waals surface area contributed by atoms with E-state index >= 15 is 0 Å². The van der Waals surface area contributed by atoms with Crippen molar-refractivity contribution in [2.45, 2.75) is 31.9 Å². The Bertz CT molecular complexity index is 430. The predicted molar refractivity (Wildman–Crippen MR) is 85.6 cm³/mol. The Labute approximate surface area is 130 Å². The first kappa shape index (κ1) is 16.3. The van der Waals surface area contributed by atoms with Gasteiger partial charge in [-0.3, -0.25) is 4.90 Å². The summed E-state index contributed by atoms with van der Waals surface area (Å²) in [5.74, 6) is 0. The molecule has 0 aromatic carbocycles. The van der Waals surface area contributed by atoms with E-state index in [1.165, 1.54) is 22.6 Å². The predicted octanol–water partition coefficient (Wildman–Crippen LogP) is 1.91. The van der Waals surface area contributed by atoms with Gasteiger partial charge in [0, 0.05) is 25.0 Å². The Hall–Kier alpha value is -1.11. The van der Waals surface area contributed by atoms with Gasteiger partial charge in [0.05, 0.1) is 12.1 Å². The van der Waals surface area contributed by atoms with E-state index in [9.17, 15) is 9.90 Å². The molecule has 1 aromatic heterocycles. The van der Waals surface area contributed by atoms with Crippen LogP contribution in [0.5, 0.6) is 0 Å². The van der Waals surface area contributed by atoms with Crippen molar-refractivity contribution >= 4 is 17.4 Å². The highest BCUT2D eigenvalue weighted by Gasteiger charge is 2.25. The first-order valence-corrected chi connectivity index (χ1v) is 8.40. The van der Waals surface area contributed by atoms with Crippen LogP contribution in [-0.4, -0.2) is 60.3 Å². The molecule has 118 valence electrons. The highest BCUT2D eigenvalue weighted by atomic mass is 32.1. The summed E-state index contributed by atoms with van der Waals surface area (Å²) < 4.78 is 0. The zero-order chi connectivity index (χ0) is 15.2. The third kappa shape index (κ3) is 4.69. The topological polar surface area (TPSA) is 55.8 Å². The Kier molecular flexibility index (Phi) is 6.02. The summed E-state index contributed by atoms with van der Waals surface area (Å²) in [6.07, 6.45) is 1.96. The average Bonchev–Trinajstić information content (AvgIpc) is 3.11. The molecule has 1 aromatic rings. The highest BCUT2D eigenvalue weighted by Crippen LogP contribution is 2.27. The van der Waals surface area contributed by atoms with Gasteiger partial charge in [-0.05, 0) is 44.3 Å². The van der Waals surface area contributed by atoms with E-state index in [0.29, 0.717) is 13.1 Å². The van der Waals surface area contributed by atoms with Crippen molar-refractivity contribution in [3.8, 4) is 0 Å². The standard InChI is InChI=1S/C15H25N3O2S/c1-12(19)11-17(2)15(20)16-10-13(14-6-5-9-21-14)18-7-3-4-8-18/h5-6,9,12-13,19H,3-4,7-8,10-11H2,1-2H3,(H,16,20). The van der Waals surface area contributed by atoms with Crippen molar-refractivity contribution in [3.05, 3.63) is 22.4 Å². The van der Waals surface area contributed by atoms with Gasteiger partial charge in [0.25, 0.3) is 0 Å². The van der Waals surface area contributed by atoms with E-state index in [-0.39, 0.29) is 12.1 Å². The number of hydrogen-bond donors (Lipinski definition) is 2. The zero-order valence-electron chi connectivity index (χ0n) is 12.8. The number of thiophene rings is 1. The summed E-state index contributed by atoms with van der Waals surface area (Å²) >= 11 is 1.74. The van der Waals surface area contributed by atoms with Crippen LogP contribution in [0.25, 0.3) is 0 Å². The lowest BCUT2D eigenvalue weighted by Gasteiger charge is -2.28. The summed E-state index contributed by atoms with van der Waals surface area (Å²) in [5.41, 5.74) is 0. The van der Waals surface area contributed by atoms with E-state index < -0.39 is 6.10 Å². The van der Waals surface area contributed by atoms with Gasteiger partial charge in [-0.15, -0.1) is 11.3 Å². The number of aliphatic hydroxyl groups is 1. The largest absolute Gasteiger partial charge is 0.392 e. The summed E-state index contributed by atoms with van der Waals surface area (Å²) in [7, 11) is 1.71. The molecule has 1 fully saturated rings. The molecule has 0 bridgehead atoms. The number of likely N-dealkylation sites (N-methyl/N-ethyl adjacent to an activating group) is 1. The highest BCUT2D eigenvalue weighted by molar-refractivity contribution is 7.10.